The molecule has 2 aliphatic rings. The SMILES string of the molecule is CCNC(=NCc1ccc(O)c(F)c1)N1CCN(CC(=O)N2CCOCC2)CC1. The fourth-order valence-corrected chi connectivity index (χ4v) is 3.46. The third kappa shape index (κ3) is 6.04. The minimum absolute atomic E-state index is 0.164. The first-order valence-corrected chi connectivity index (χ1v) is 10.2. The molecule has 29 heavy (non-hydrogen) atoms. The molecule has 8 nitrogen and oxygen atoms in total. The Morgan fingerprint density at radius 2 is 1.90 bits per heavy atom. The first kappa shape index (κ1) is 21.3. The first-order chi connectivity index (χ1) is 14.1. The standard InChI is InChI=1S/C20H30FN5O3/c1-2-22-20(23-14-16-3-4-18(27)17(21)13-16)26-7-5-24(6-8-26)15-19(28)25-9-11-29-12-10-25/h3-4,13,27H,2,5-12,14-15H2,1H3,(H,22,23). The van der Waals surface area contributed by atoms with E-state index in [1.54, 1.807) is 6.07 Å². The maximum Gasteiger partial charge on any atom is 0.236 e. The zero-order valence-electron chi connectivity index (χ0n) is 16.9. The molecule has 1 amide bonds. The van der Waals surface area contributed by atoms with Gasteiger partial charge in [0.05, 0.1) is 26.3 Å². The van der Waals surface area contributed by atoms with E-state index >= 15 is 0 Å². The number of phenolic OH excluding ortho intramolecular Hbond substituents is 1. The van der Waals surface area contributed by atoms with Crippen molar-refractivity contribution in [2.45, 2.75) is 13.5 Å². The number of guanidine groups is 1. The van der Waals surface area contributed by atoms with Gasteiger partial charge in [-0.25, -0.2) is 9.38 Å². The van der Waals surface area contributed by atoms with Crippen LogP contribution >= 0.6 is 0 Å². The summed E-state index contributed by atoms with van der Waals surface area (Å²) < 4.78 is 18.8. The molecule has 2 N–H and O–H groups in total. The second-order valence-corrected chi connectivity index (χ2v) is 7.21. The quantitative estimate of drug-likeness (QED) is 0.546. The van der Waals surface area contributed by atoms with Crippen LogP contribution in [0.1, 0.15) is 12.5 Å². The summed E-state index contributed by atoms with van der Waals surface area (Å²) in [6, 6.07) is 4.32. The number of nitrogens with one attached hydrogen (secondary N) is 1. The van der Waals surface area contributed by atoms with Crippen molar-refractivity contribution in [1.82, 2.24) is 20.0 Å². The molecular weight excluding hydrogens is 377 g/mol. The molecule has 0 saturated carbocycles. The number of carbonyl (C=O) groups excluding carboxylic acids is 1. The van der Waals surface area contributed by atoms with Gasteiger partial charge in [-0.05, 0) is 24.6 Å². The Labute approximate surface area is 170 Å². The molecule has 160 valence electrons. The molecule has 2 saturated heterocycles. The van der Waals surface area contributed by atoms with Gasteiger partial charge in [0.1, 0.15) is 0 Å². The zero-order chi connectivity index (χ0) is 20.6. The number of aromatic hydroxyl groups is 1. The molecule has 0 atom stereocenters. The highest BCUT2D eigenvalue weighted by Crippen LogP contribution is 2.16. The van der Waals surface area contributed by atoms with Crippen LogP contribution in [0, 0.1) is 5.82 Å². The van der Waals surface area contributed by atoms with Gasteiger partial charge in [0, 0.05) is 45.8 Å². The van der Waals surface area contributed by atoms with Crippen LogP contribution in [0.4, 0.5) is 4.39 Å². The van der Waals surface area contributed by atoms with Crippen molar-refractivity contribution in [3.05, 3.63) is 29.6 Å². The fourth-order valence-electron chi connectivity index (χ4n) is 3.46. The normalized spacial score (nSPS) is 18.8. The van der Waals surface area contributed by atoms with E-state index in [1.807, 2.05) is 11.8 Å². The second kappa shape index (κ2) is 10.4. The van der Waals surface area contributed by atoms with E-state index < -0.39 is 5.82 Å². The van der Waals surface area contributed by atoms with Crippen LogP contribution in [-0.2, 0) is 16.1 Å². The van der Waals surface area contributed by atoms with Gasteiger partial charge in [-0.1, -0.05) is 6.07 Å². The van der Waals surface area contributed by atoms with Crippen LogP contribution in [-0.4, -0.2) is 97.2 Å². The fraction of sp³-hybridized carbons (Fsp3) is 0.600. The average Bonchev–Trinajstić information content (AvgIpc) is 2.75. The lowest BCUT2D eigenvalue weighted by molar-refractivity contribution is -0.136. The number of rotatable bonds is 5. The molecule has 0 radical (unpaired) electrons. The van der Waals surface area contributed by atoms with Gasteiger partial charge in [-0.3, -0.25) is 9.69 Å². The van der Waals surface area contributed by atoms with Crippen molar-refractivity contribution in [1.29, 1.82) is 0 Å². The largest absolute Gasteiger partial charge is 0.505 e. The van der Waals surface area contributed by atoms with Gasteiger partial charge < -0.3 is 25.0 Å². The lowest BCUT2D eigenvalue weighted by Crippen LogP contribution is -2.54. The van der Waals surface area contributed by atoms with E-state index in [2.05, 4.69) is 20.1 Å². The summed E-state index contributed by atoms with van der Waals surface area (Å²) in [6.45, 7) is 9.21. The van der Waals surface area contributed by atoms with Crippen molar-refractivity contribution in [2.75, 3.05) is 65.6 Å². The van der Waals surface area contributed by atoms with Crippen LogP contribution in [0.25, 0.3) is 0 Å². The molecule has 0 aliphatic carbocycles. The van der Waals surface area contributed by atoms with Gasteiger partial charge in [-0.15, -0.1) is 0 Å². The van der Waals surface area contributed by atoms with Crippen molar-refractivity contribution < 1.29 is 19.0 Å². The maximum absolute atomic E-state index is 13.5. The number of benzene rings is 1. The molecule has 9 heteroatoms. The molecule has 2 aliphatic heterocycles. The molecule has 3 rings (SSSR count). The summed E-state index contributed by atoms with van der Waals surface area (Å²) in [6.07, 6.45) is 0. The van der Waals surface area contributed by atoms with Gasteiger partial charge in [0.2, 0.25) is 5.91 Å². The number of ether oxygens (including phenoxy) is 1. The molecule has 1 aromatic rings. The molecular formula is C20H30FN5O3. The maximum atomic E-state index is 13.5. The highest BCUT2D eigenvalue weighted by Gasteiger charge is 2.24. The summed E-state index contributed by atoms with van der Waals surface area (Å²) in [7, 11) is 0. The van der Waals surface area contributed by atoms with Crippen LogP contribution in [0.15, 0.2) is 23.2 Å². The zero-order valence-corrected chi connectivity index (χ0v) is 16.9. The molecule has 2 heterocycles. The number of hydrogen-bond donors (Lipinski definition) is 2. The van der Waals surface area contributed by atoms with E-state index in [9.17, 15) is 14.3 Å². The Kier molecular flexibility index (Phi) is 7.65. The number of piperazine rings is 1. The summed E-state index contributed by atoms with van der Waals surface area (Å²) in [5, 5.41) is 12.6. The highest BCUT2D eigenvalue weighted by molar-refractivity contribution is 5.80. The number of aliphatic imine (C=N–C) groups is 1. The Balaban J connectivity index is 1.52. The topological polar surface area (TPSA) is 80.6 Å². The van der Waals surface area contributed by atoms with Gasteiger partial charge in [0.15, 0.2) is 17.5 Å². The molecule has 0 unspecified atom stereocenters. The summed E-state index contributed by atoms with van der Waals surface area (Å²) in [5.74, 6) is -0.0505. The van der Waals surface area contributed by atoms with Gasteiger partial charge in [0.25, 0.3) is 0 Å². The smallest absolute Gasteiger partial charge is 0.236 e. The molecule has 1 aromatic carbocycles. The Bertz CT molecular complexity index is 716. The van der Waals surface area contributed by atoms with Crippen molar-refractivity contribution in [2.24, 2.45) is 4.99 Å². The Morgan fingerprint density at radius 3 is 2.55 bits per heavy atom. The third-order valence-electron chi connectivity index (χ3n) is 5.15. The van der Waals surface area contributed by atoms with Gasteiger partial charge >= 0.3 is 0 Å². The number of amides is 1. The number of carbonyl (C=O) groups is 1. The van der Waals surface area contributed by atoms with E-state index in [-0.39, 0.29) is 11.7 Å². The number of nitrogens with zero attached hydrogens (tertiary/aromatic N) is 4. The summed E-state index contributed by atoms with van der Waals surface area (Å²) in [4.78, 5) is 23.2. The van der Waals surface area contributed by atoms with E-state index in [1.165, 1.54) is 12.1 Å². The minimum atomic E-state index is -0.638. The summed E-state index contributed by atoms with van der Waals surface area (Å²) in [5.41, 5.74) is 0.699. The van der Waals surface area contributed by atoms with Crippen LogP contribution in [0.3, 0.4) is 0 Å². The number of halogens is 1. The predicted octanol–water partition coefficient (Wildman–Crippen LogP) is 0.473. The minimum Gasteiger partial charge on any atom is -0.505 e. The lowest BCUT2D eigenvalue weighted by Gasteiger charge is -2.37. The van der Waals surface area contributed by atoms with Crippen LogP contribution in [0.5, 0.6) is 5.75 Å². The monoisotopic (exact) mass is 407 g/mol. The Hall–Kier alpha value is -2.39. The average molecular weight is 407 g/mol. The first-order valence-electron chi connectivity index (χ1n) is 10.2. The number of morpholine rings is 1. The third-order valence-corrected chi connectivity index (χ3v) is 5.15. The lowest BCUT2D eigenvalue weighted by atomic mass is 10.2. The summed E-state index contributed by atoms with van der Waals surface area (Å²) >= 11 is 0. The second-order valence-electron chi connectivity index (χ2n) is 7.21. The van der Waals surface area contributed by atoms with Crippen molar-refractivity contribution >= 4 is 11.9 Å². The molecule has 0 aromatic heterocycles. The Morgan fingerprint density at radius 1 is 1.17 bits per heavy atom. The number of hydrogen-bond acceptors (Lipinski definition) is 5. The molecule has 2 fully saturated rings. The predicted molar refractivity (Wildman–Crippen MR) is 108 cm³/mol. The van der Waals surface area contributed by atoms with Crippen molar-refractivity contribution in [3.63, 3.8) is 0 Å². The van der Waals surface area contributed by atoms with E-state index in [4.69, 9.17) is 4.74 Å². The van der Waals surface area contributed by atoms with Crippen LogP contribution in [0.2, 0.25) is 0 Å². The van der Waals surface area contributed by atoms with Crippen molar-refractivity contribution in [3.8, 4) is 5.75 Å². The molecule has 0 bridgehead atoms. The van der Waals surface area contributed by atoms with E-state index in [0.29, 0.717) is 45.0 Å². The van der Waals surface area contributed by atoms with Crippen LogP contribution < -0.4 is 5.32 Å². The molecule has 0 spiro atoms. The van der Waals surface area contributed by atoms with E-state index in [0.717, 1.165) is 38.7 Å². The number of phenols is 1. The van der Waals surface area contributed by atoms with Gasteiger partial charge in [-0.2, -0.15) is 0 Å². The highest BCUT2D eigenvalue weighted by atomic mass is 19.1.